The first-order valence-corrected chi connectivity index (χ1v) is 5.03. The number of aliphatic hydroxyl groups is 1. The largest absolute Gasteiger partial charge is 0.392 e. The molecule has 0 radical (unpaired) electrons. The number of aromatic nitrogens is 1. The van der Waals surface area contributed by atoms with Crippen LogP contribution in [-0.2, 0) is 11.3 Å². The van der Waals surface area contributed by atoms with Crippen LogP contribution in [0.2, 0.25) is 0 Å². The summed E-state index contributed by atoms with van der Waals surface area (Å²) in [6, 6.07) is 3.85. The average molecular weight is 193 g/mol. The number of hydrogen-bond acceptors (Lipinski definition) is 3. The number of pyridine rings is 1. The van der Waals surface area contributed by atoms with Gasteiger partial charge in [-0.1, -0.05) is 0 Å². The van der Waals surface area contributed by atoms with E-state index in [0.29, 0.717) is 5.92 Å². The third-order valence-electron chi connectivity index (χ3n) is 2.67. The summed E-state index contributed by atoms with van der Waals surface area (Å²) in [5.74, 6) is 0.509. The molecule has 1 aromatic heterocycles. The normalized spacial score (nSPS) is 18.4. The third-order valence-corrected chi connectivity index (χ3v) is 2.67. The minimum absolute atomic E-state index is 0.0960. The van der Waals surface area contributed by atoms with Crippen LogP contribution < -0.4 is 0 Å². The number of nitrogens with zero attached hydrogens (tertiary/aromatic N) is 1. The van der Waals surface area contributed by atoms with Crippen LogP contribution in [0, 0.1) is 0 Å². The molecule has 1 aliphatic heterocycles. The SMILES string of the molecule is OCc1ccnc(C2CCOCC2)c1. The molecule has 2 rings (SSSR count). The third kappa shape index (κ3) is 2.11. The topological polar surface area (TPSA) is 42.4 Å². The molecule has 0 bridgehead atoms. The molecular weight excluding hydrogens is 178 g/mol. The zero-order valence-corrected chi connectivity index (χ0v) is 8.15. The van der Waals surface area contributed by atoms with E-state index in [2.05, 4.69) is 4.98 Å². The zero-order chi connectivity index (χ0) is 9.80. The molecule has 1 saturated heterocycles. The second-order valence-corrected chi connectivity index (χ2v) is 3.63. The maximum Gasteiger partial charge on any atom is 0.0683 e. The second-order valence-electron chi connectivity index (χ2n) is 3.63. The molecule has 1 N–H and O–H groups in total. The van der Waals surface area contributed by atoms with Gasteiger partial charge in [0.15, 0.2) is 0 Å². The van der Waals surface area contributed by atoms with E-state index in [0.717, 1.165) is 37.3 Å². The van der Waals surface area contributed by atoms with Crippen LogP contribution in [0.4, 0.5) is 0 Å². The van der Waals surface area contributed by atoms with Crippen molar-refractivity contribution in [3.63, 3.8) is 0 Å². The fourth-order valence-corrected chi connectivity index (χ4v) is 1.81. The fourth-order valence-electron chi connectivity index (χ4n) is 1.81. The van der Waals surface area contributed by atoms with Gasteiger partial charge in [-0.05, 0) is 30.5 Å². The predicted molar refractivity (Wildman–Crippen MR) is 53.0 cm³/mol. The molecule has 1 fully saturated rings. The lowest BCUT2D eigenvalue weighted by molar-refractivity contribution is 0.0844. The quantitative estimate of drug-likeness (QED) is 0.773. The predicted octanol–water partition coefficient (Wildman–Crippen LogP) is 1.47. The summed E-state index contributed by atoms with van der Waals surface area (Å²) in [6.07, 6.45) is 3.86. The molecule has 0 aromatic carbocycles. The molecule has 0 saturated carbocycles. The van der Waals surface area contributed by atoms with Crippen LogP contribution in [-0.4, -0.2) is 23.3 Å². The lowest BCUT2D eigenvalue weighted by Gasteiger charge is -2.21. The summed E-state index contributed by atoms with van der Waals surface area (Å²) < 4.78 is 5.30. The van der Waals surface area contributed by atoms with E-state index in [1.165, 1.54) is 0 Å². The maximum absolute atomic E-state index is 9.01. The van der Waals surface area contributed by atoms with Crippen molar-refractivity contribution in [2.45, 2.75) is 25.4 Å². The molecule has 0 unspecified atom stereocenters. The van der Waals surface area contributed by atoms with E-state index in [1.807, 2.05) is 12.1 Å². The molecule has 3 heteroatoms. The minimum atomic E-state index is 0.0960. The highest BCUT2D eigenvalue weighted by Gasteiger charge is 2.16. The molecule has 1 aliphatic rings. The van der Waals surface area contributed by atoms with Crippen LogP contribution in [0.25, 0.3) is 0 Å². The van der Waals surface area contributed by atoms with Crippen molar-refractivity contribution in [1.29, 1.82) is 0 Å². The van der Waals surface area contributed by atoms with E-state index >= 15 is 0 Å². The van der Waals surface area contributed by atoms with Crippen molar-refractivity contribution in [3.05, 3.63) is 29.6 Å². The number of hydrogen-bond donors (Lipinski definition) is 1. The zero-order valence-electron chi connectivity index (χ0n) is 8.15. The van der Waals surface area contributed by atoms with E-state index in [-0.39, 0.29) is 6.61 Å². The summed E-state index contributed by atoms with van der Waals surface area (Å²) in [7, 11) is 0. The van der Waals surface area contributed by atoms with Crippen molar-refractivity contribution in [1.82, 2.24) is 4.98 Å². The van der Waals surface area contributed by atoms with Gasteiger partial charge >= 0.3 is 0 Å². The Balaban J connectivity index is 2.13. The summed E-state index contributed by atoms with van der Waals surface area (Å²) in [5, 5.41) is 9.01. The van der Waals surface area contributed by atoms with Crippen molar-refractivity contribution in [2.75, 3.05) is 13.2 Å². The Morgan fingerprint density at radius 3 is 2.93 bits per heavy atom. The van der Waals surface area contributed by atoms with Gasteiger partial charge in [-0.3, -0.25) is 4.98 Å². The molecule has 14 heavy (non-hydrogen) atoms. The van der Waals surface area contributed by atoms with Gasteiger partial charge in [0, 0.05) is 31.0 Å². The Labute approximate surface area is 83.7 Å². The van der Waals surface area contributed by atoms with Crippen molar-refractivity contribution in [2.24, 2.45) is 0 Å². The van der Waals surface area contributed by atoms with E-state index in [4.69, 9.17) is 9.84 Å². The minimum Gasteiger partial charge on any atom is -0.392 e. The molecule has 0 aliphatic carbocycles. The van der Waals surface area contributed by atoms with Crippen LogP contribution in [0.15, 0.2) is 18.3 Å². The van der Waals surface area contributed by atoms with Gasteiger partial charge < -0.3 is 9.84 Å². The summed E-state index contributed by atoms with van der Waals surface area (Å²) in [4.78, 5) is 4.34. The van der Waals surface area contributed by atoms with Crippen LogP contribution >= 0.6 is 0 Å². The highest BCUT2D eigenvalue weighted by molar-refractivity contribution is 5.18. The van der Waals surface area contributed by atoms with E-state index in [1.54, 1.807) is 6.20 Å². The molecule has 76 valence electrons. The first-order valence-electron chi connectivity index (χ1n) is 5.03. The number of rotatable bonds is 2. The van der Waals surface area contributed by atoms with Gasteiger partial charge in [0.2, 0.25) is 0 Å². The number of ether oxygens (including phenoxy) is 1. The van der Waals surface area contributed by atoms with Crippen molar-refractivity contribution >= 4 is 0 Å². The maximum atomic E-state index is 9.01. The van der Waals surface area contributed by atoms with Crippen molar-refractivity contribution in [3.8, 4) is 0 Å². The van der Waals surface area contributed by atoms with Crippen molar-refractivity contribution < 1.29 is 9.84 Å². The molecular formula is C11H15NO2. The van der Waals surface area contributed by atoms with Gasteiger partial charge in [-0.25, -0.2) is 0 Å². The monoisotopic (exact) mass is 193 g/mol. The Hall–Kier alpha value is -0.930. The van der Waals surface area contributed by atoms with E-state index < -0.39 is 0 Å². The summed E-state index contributed by atoms with van der Waals surface area (Å²) >= 11 is 0. The Morgan fingerprint density at radius 2 is 2.21 bits per heavy atom. The molecule has 0 spiro atoms. The first-order chi connectivity index (χ1) is 6.90. The molecule has 0 amide bonds. The van der Waals surface area contributed by atoms with Gasteiger partial charge in [-0.15, -0.1) is 0 Å². The summed E-state index contributed by atoms with van der Waals surface area (Å²) in [6.45, 7) is 1.75. The fraction of sp³-hybridized carbons (Fsp3) is 0.545. The van der Waals surface area contributed by atoms with Crippen LogP contribution in [0.3, 0.4) is 0 Å². The molecule has 3 nitrogen and oxygen atoms in total. The first kappa shape index (κ1) is 9.62. The molecule has 0 atom stereocenters. The standard InChI is InChI=1S/C11H15NO2/c13-8-9-1-4-12-11(7-9)10-2-5-14-6-3-10/h1,4,7,10,13H,2-3,5-6,8H2. The molecule has 2 heterocycles. The average Bonchev–Trinajstić information content (AvgIpc) is 2.30. The Morgan fingerprint density at radius 1 is 1.43 bits per heavy atom. The van der Waals surface area contributed by atoms with Gasteiger partial charge in [-0.2, -0.15) is 0 Å². The Bertz CT molecular complexity index is 295. The lowest BCUT2D eigenvalue weighted by atomic mass is 9.95. The molecule has 1 aromatic rings. The second kappa shape index (κ2) is 4.53. The van der Waals surface area contributed by atoms with Gasteiger partial charge in [0.1, 0.15) is 0 Å². The van der Waals surface area contributed by atoms with Crippen LogP contribution in [0.5, 0.6) is 0 Å². The van der Waals surface area contributed by atoms with Gasteiger partial charge in [0.25, 0.3) is 0 Å². The summed E-state index contributed by atoms with van der Waals surface area (Å²) in [5.41, 5.74) is 2.04. The van der Waals surface area contributed by atoms with E-state index in [9.17, 15) is 0 Å². The smallest absolute Gasteiger partial charge is 0.0683 e. The highest BCUT2D eigenvalue weighted by Crippen LogP contribution is 2.25. The highest BCUT2D eigenvalue weighted by atomic mass is 16.5. The van der Waals surface area contributed by atoms with Gasteiger partial charge in [0.05, 0.1) is 6.61 Å². The lowest BCUT2D eigenvalue weighted by Crippen LogP contribution is -2.15. The Kier molecular flexibility index (Phi) is 3.11. The van der Waals surface area contributed by atoms with Crippen LogP contribution in [0.1, 0.15) is 30.0 Å². The number of aliphatic hydroxyl groups excluding tert-OH is 1.